The Kier molecular flexibility index (Phi) is 5.95. The molecule has 9 heteroatoms. The minimum Gasteiger partial charge on any atom is -0.346 e. The van der Waals surface area contributed by atoms with Crippen molar-refractivity contribution < 1.29 is 13.2 Å². The van der Waals surface area contributed by atoms with Crippen molar-refractivity contribution in [3.8, 4) is 0 Å². The van der Waals surface area contributed by atoms with Crippen LogP contribution in [0.15, 0.2) is 77.8 Å². The number of amides is 1. The van der Waals surface area contributed by atoms with Gasteiger partial charge >= 0.3 is 0 Å². The first-order valence-electron chi connectivity index (χ1n) is 9.31. The monoisotopic (exact) mass is 471 g/mol. The average molecular weight is 472 g/mol. The highest BCUT2D eigenvalue weighted by atomic mass is 35.5. The number of carbonyl (C=O) groups is 1. The Labute approximate surface area is 189 Å². The van der Waals surface area contributed by atoms with Crippen LogP contribution in [0.5, 0.6) is 0 Å². The van der Waals surface area contributed by atoms with Crippen molar-refractivity contribution in [3.63, 3.8) is 0 Å². The van der Waals surface area contributed by atoms with Gasteiger partial charge in [0.15, 0.2) is 0 Å². The normalized spacial score (nSPS) is 11.4. The molecule has 4 aromatic rings. The maximum absolute atomic E-state index is 12.9. The quantitative estimate of drug-likeness (QED) is 0.442. The molecule has 0 unspecified atom stereocenters. The van der Waals surface area contributed by atoms with Crippen LogP contribution in [0, 0.1) is 0 Å². The van der Waals surface area contributed by atoms with E-state index in [2.05, 4.69) is 10.3 Å². The SMILES string of the molecule is CN(c1ccc2sc(C(=O)NCc3ccccn3)cc2c1)S(=O)(=O)c1ccc(Cl)cc1. The zero-order valence-electron chi connectivity index (χ0n) is 16.4. The van der Waals surface area contributed by atoms with Crippen LogP contribution in [0.2, 0.25) is 5.02 Å². The molecule has 2 aromatic heterocycles. The van der Waals surface area contributed by atoms with E-state index in [0.29, 0.717) is 22.1 Å². The number of carbonyl (C=O) groups excluding carboxylic acids is 1. The summed E-state index contributed by atoms with van der Waals surface area (Å²) in [6.45, 7) is 0.335. The van der Waals surface area contributed by atoms with Crippen molar-refractivity contribution in [2.24, 2.45) is 0 Å². The van der Waals surface area contributed by atoms with Crippen molar-refractivity contribution in [1.29, 1.82) is 0 Å². The highest BCUT2D eigenvalue weighted by molar-refractivity contribution is 7.92. The first-order valence-corrected chi connectivity index (χ1v) is 11.9. The van der Waals surface area contributed by atoms with Gasteiger partial charge in [-0.05, 0) is 66.0 Å². The Morgan fingerprint density at radius 3 is 2.58 bits per heavy atom. The zero-order chi connectivity index (χ0) is 22.0. The maximum atomic E-state index is 12.9. The molecule has 0 fully saturated rings. The van der Waals surface area contributed by atoms with Gasteiger partial charge in [-0.25, -0.2) is 8.42 Å². The third-order valence-corrected chi connectivity index (χ3v) is 7.88. The van der Waals surface area contributed by atoms with E-state index in [1.54, 1.807) is 36.5 Å². The van der Waals surface area contributed by atoms with E-state index in [9.17, 15) is 13.2 Å². The largest absolute Gasteiger partial charge is 0.346 e. The topological polar surface area (TPSA) is 79.4 Å². The van der Waals surface area contributed by atoms with Crippen molar-refractivity contribution >= 4 is 54.6 Å². The number of rotatable bonds is 6. The number of nitrogens with one attached hydrogen (secondary N) is 1. The molecule has 0 radical (unpaired) electrons. The number of thiophene rings is 1. The lowest BCUT2D eigenvalue weighted by Gasteiger charge is -2.19. The molecule has 1 N–H and O–H groups in total. The fraction of sp³-hybridized carbons (Fsp3) is 0.0909. The summed E-state index contributed by atoms with van der Waals surface area (Å²) in [6.07, 6.45) is 1.68. The number of anilines is 1. The van der Waals surface area contributed by atoms with E-state index in [1.165, 1.54) is 34.8 Å². The molecule has 6 nitrogen and oxygen atoms in total. The number of halogens is 1. The van der Waals surface area contributed by atoms with Gasteiger partial charge in [0.1, 0.15) is 0 Å². The minimum absolute atomic E-state index is 0.152. The fourth-order valence-electron chi connectivity index (χ4n) is 3.00. The molecular weight excluding hydrogens is 454 g/mol. The molecule has 2 aromatic carbocycles. The molecule has 0 bridgehead atoms. The van der Waals surface area contributed by atoms with Crippen LogP contribution >= 0.6 is 22.9 Å². The number of aromatic nitrogens is 1. The summed E-state index contributed by atoms with van der Waals surface area (Å²) in [5.74, 6) is -0.199. The second kappa shape index (κ2) is 8.66. The smallest absolute Gasteiger partial charge is 0.264 e. The molecule has 1 amide bonds. The summed E-state index contributed by atoms with van der Waals surface area (Å²) in [4.78, 5) is 17.4. The summed E-state index contributed by atoms with van der Waals surface area (Å²) in [5.41, 5.74) is 1.27. The molecule has 2 heterocycles. The van der Waals surface area contributed by atoms with Gasteiger partial charge in [0.05, 0.1) is 27.7 Å². The van der Waals surface area contributed by atoms with Gasteiger partial charge in [-0.3, -0.25) is 14.1 Å². The first kappa shape index (κ1) is 21.3. The van der Waals surface area contributed by atoms with E-state index in [1.807, 2.05) is 24.3 Å². The van der Waals surface area contributed by atoms with E-state index in [-0.39, 0.29) is 10.8 Å². The Hall–Kier alpha value is -2.94. The lowest BCUT2D eigenvalue weighted by Crippen LogP contribution is -2.26. The molecule has 0 saturated heterocycles. The van der Waals surface area contributed by atoms with Crippen molar-refractivity contribution in [3.05, 3.63) is 88.5 Å². The predicted molar refractivity (Wildman–Crippen MR) is 124 cm³/mol. The summed E-state index contributed by atoms with van der Waals surface area (Å²) >= 11 is 7.22. The Morgan fingerprint density at radius 1 is 1.10 bits per heavy atom. The van der Waals surface area contributed by atoms with E-state index in [0.717, 1.165) is 15.8 Å². The number of sulfonamides is 1. The zero-order valence-corrected chi connectivity index (χ0v) is 18.8. The highest BCUT2D eigenvalue weighted by Crippen LogP contribution is 2.31. The summed E-state index contributed by atoms with van der Waals surface area (Å²) < 4.78 is 28.0. The minimum atomic E-state index is -3.73. The number of pyridine rings is 1. The van der Waals surface area contributed by atoms with E-state index in [4.69, 9.17) is 11.6 Å². The number of fused-ring (bicyclic) bond motifs is 1. The molecule has 0 saturated carbocycles. The van der Waals surface area contributed by atoms with Crippen LogP contribution in [0.1, 0.15) is 15.4 Å². The Balaban J connectivity index is 1.55. The summed E-state index contributed by atoms with van der Waals surface area (Å²) in [7, 11) is -2.24. The number of benzene rings is 2. The highest BCUT2D eigenvalue weighted by Gasteiger charge is 2.22. The molecule has 0 spiro atoms. The lowest BCUT2D eigenvalue weighted by molar-refractivity contribution is 0.0954. The van der Waals surface area contributed by atoms with Crippen molar-refractivity contribution in [1.82, 2.24) is 10.3 Å². The predicted octanol–water partition coefficient (Wildman–Crippen LogP) is 4.70. The van der Waals surface area contributed by atoms with Crippen molar-refractivity contribution in [2.45, 2.75) is 11.4 Å². The van der Waals surface area contributed by atoms with Gasteiger partial charge in [-0.15, -0.1) is 11.3 Å². The molecule has 0 aliphatic heterocycles. The van der Waals surface area contributed by atoms with Gasteiger partial charge in [-0.1, -0.05) is 17.7 Å². The molecule has 0 aliphatic rings. The van der Waals surface area contributed by atoms with Gasteiger partial charge < -0.3 is 5.32 Å². The number of nitrogens with zero attached hydrogens (tertiary/aromatic N) is 2. The molecule has 31 heavy (non-hydrogen) atoms. The Bertz CT molecular complexity index is 1340. The van der Waals surface area contributed by atoms with Crippen LogP contribution < -0.4 is 9.62 Å². The number of hydrogen-bond acceptors (Lipinski definition) is 5. The van der Waals surface area contributed by atoms with Gasteiger partial charge in [0, 0.05) is 23.0 Å². The van der Waals surface area contributed by atoms with Gasteiger partial charge in [0.2, 0.25) is 0 Å². The third kappa shape index (κ3) is 4.56. The second-order valence-electron chi connectivity index (χ2n) is 6.76. The summed E-state index contributed by atoms with van der Waals surface area (Å²) in [5, 5.41) is 4.12. The van der Waals surface area contributed by atoms with Crippen LogP contribution in [-0.2, 0) is 16.6 Å². The summed E-state index contributed by atoms with van der Waals surface area (Å²) in [6, 6.07) is 18.6. The van der Waals surface area contributed by atoms with Crippen molar-refractivity contribution in [2.75, 3.05) is 11.4 Å². The molecule has 158 valence electrons. The van der Waals surface area contributed by atoms with Crippen LogP contribution in [0.3, 0.4) is 0 Å². The fourth-order valence-corrected chi connectivity index (χ4v) is 5.28. The second-order valence-corrected chi connectivity index (χ2v) is 10.3. The average Bonchev–Trinajstić information content (AvgIpc) is 3.21. The standard InChI is InChI=1S/C22H18ClN3O3S2/c1-26(31(28,29)19-8-5-16(23)6-9-19)18-7-10-20-15(12-18)13-21(30-20)22(27)25-14-17-4-2-3-11-24-17/h2-13H,14H2,1H3,(H,25,27). The van der Waals surface area contributed by atoms with Crippen LogP contribution in [0.4, 0.5) is 5.69 Å². The van der Waals surface area contributed by atoms with Crippen LogP contribution in [-0.4, -0.2) is 26.4 Å². The molecule has 0 atom stereocenters. The molecular formula is C22H18ClN3O3S2. The number of hydrogen-bond donors (Lipinski definition) is 1. The maximum Gasteiger partial charge on any atom is 0.264 e. The molecule has 4 rings (SSSR count). The Morgan fingerprint density at radius 2 is 1.87 bits per heavy atom. The lowest BCUT2D eigenvalue weighted by atomic mass is 10.2. The van der Waals surface area contributed by atoms with Gasteiger partial charge in [-0.2, -0.15) is 0 Å². The molecule has 0 aliphatic carbocycles. The van der Waals surface area contributed by atoms with E-state index >= 15 is 0 Å². The van der Waals surface area contributed by atoms with E-state index < -0.39 is 10.0 Å². The van der Waals surface area contributed by atoms with Gasteiger partial charge in [0.25, 0.3) is 15.9 Å². The van der Waals surface area contributed by atoms with Crippen LogP contribution in [0.25, 0.3) is 10.1 Å². The third-order valence-electron chi connectivity index (χ3n) is 4.72. The first-order chi connectivity index (χ1) is 14.8.